The lowest BCUT2D eigenvalue weighted by molar-refractivity contribution is 0.103. The zero-order valence-electron chi connectivity index (χ0n) is 16.7. The number of nitrogens with zero attached hydrogens (tertiary/aromatic N) is 2. The van der Waals surface area contributed by atoms with Crippen molar-refractivity contribution in [3.8, 4) is 23.6 Å². The molecule has 0 saturated heterocycles. The highest BCUT2D eigenvalue weighted by Crippen LogP contribution is 2.31. The molecule has 0 aromatic heterocycles. The molecule has 0 heterocycles. The zero-order chi connectivity index (χ0) is 23.1. The highest BCUT2D eigenvalue weighted by atomic mass is 16.3. The Morgan fingerprint density at radius 3 is 1.31 bits per heavy atom. The Morgan fingerprint density at radius 1 is 0.656 bits per heavy atom. The number of allylic oxidation sites excluding steroid dienone is 2. The maximum atomic E-state index is 12.5. The molecule has 154 valence electrons. The van der Waals surface area contributed by atoms with Crippen molar-refractivity contribution < 1.29 is 19.8 Å². The Labute approximate surface area is 184 Å². The fraction of sp³-hybridized carbons (Fsp3) is 0. The Hall–Kier alpha value is -4.94. The van der Waals surface area contributed by atoms with Crippen molar-refractivity contribution in [2.24, 2.45) is 0 Å². The van der Waals surface area contributed by atoms with Crippen LogP contribution < -0.4 is 0 Å². The second-order valence-corrected chi connectivity index (χ2v) is 6.70. The number of rotatable bonds is 6. The fourth-order valence-electron chi connectivity index (χ4n) is 2.94. The van der Waals surface area contributed by atoms with E-state index in [-0.39, 0.29) is 33.8 Å². The van der Waals surface area contributed by atoms with Gasteiger partial charge in [-0.3, -0.25) is 9.59 Å². The number of carbonyl (C=O) groups is 2. The van der Waals surface area contributed by atoms with Crippen molar-refractivity contribution >= 4 is 23.7 Å². The molecule has 6 nitrogen and oxygen atoms in total. The standard InChI is InChI=1S/C26H16N2O4/c27-15-21(25(31)17-7-3-1-4-8-17)11-19-13-24(30)20(14-23(19)29)12-22(16-28)26(32)18-9-5-2-6-10-18/h1-14,29-30H/b21-11+,22-12+. The van der Waals surface area contributed by atoms with Crippen LogP contribution in [-0.2, 0) is 0 Å². The van der Waals surface area contributed by atoms with Gasteiger partial charge in [-0.1, -0.05) is 60.7 Å². The average Bonchev–Trinajstić information content (AvgIpc) is 2.83. The largest absolute Gasteiger partial charge is 0.507 e. The fourth-order valence-corrected chi connectivity index (χ4v) is 2.94. The third-order valence-corrected chi connectivity index (χ3v) is 4.58. The molecule has 0 unspecified atom stereocenters. The van der Waals surface area contributed by atoms with E-state index in [1.165, 1.54) is 0 Å². The topological polar surface area (TPSA) is 122 Å². The molecule has 32 heavy (non-hydrogen) atoms. The smallest absolute Gasteiger partial charge is 0.203 e. The average molecular weight is 420 g/mol. The molecule has 0 radical (unpaired) electrons. The Balaban J connectivity index is 1.97. The summed E-state index contributed by atoms with van der Waals surface area (Å²) in [5, 5.41) is 39.5. The number of nitriles is 2. The van der Waals surface area contributed by atoms with E-state index in [2.05, 4.69) is 0 Å². The summed E-state index contributed by atoms with van der Waals surface area (Å²) < 4.78 is 0. The monoisotopic (exact) mass is 420 g/mol. The predicted molar refractivity (Wildman–Crippen MR) is 118 cm³/mol. The van der Waals surface area contributed by atoms with E-state index in [4.69, 9.17) is 0 Å². The molecular formula is C26H16N2O4. The molecule has 0 saturated carbocycles. The summed E-state index contributed by atoms with van der Waals surface area (Å²) >= 11 is 0. The summed E-state index contributed by atoms with van der Waals surface area (Å²) in [6, 6.07) is 22.3. The summed E-state index contributed by atoms with van der Waals surface area (Å²) in [7, 11) is 0. The minimum absolute atomic E-state index is 0.0355. The van der Waals surface area contributed by atoms with Gasteiger partial charge in [0, 0.05) is 22.3 Å². The predicted octanol–water partition coefficient (Wildman–Crippen LogP) is 4.68. The van der Waals surface area contributed by atoms with Crippen molar-refractivity contribution in [1.82, 2.24) is 0 Å². The van der Waals surface area contributed by atoms with Crippen LogP contribution in [0, 0.1) is 22.7 Å². The van der Waals surface area contributed by atoms with E-state index in [0.717, 1.165) is 24.3 Å². The Morgan fingerprint density at radius 2 is 1.00 bits per heavy atom. The van der Waals surface area contributed by atoms with E-state index >= 15 is 0 Å². The van der Waals surface area contributed by atoms with Gasteiger partial charge in [0.05, 0.1) is 0 Å². The molecule has 0 atom stereocenters. The first-order chi connectivity index (χ1) is 15.4. The highest BCUT2D eigenvalue weighted by molar-refractivity contribution is 6.15. The number of phenols is 2. The molecule has 0 bridgehead atoms. The molecular weight excluding hydrogens is 404 g/mol. The van der Waals surface area contributed by atoms with Crippen LogP contribution >= 0.6 is 0 Å². The van der Waals surface area contributed by atoms with Crippen LogP contribution in [0.3, 0.4) is 0 Å². The lowest BCUT2D eigenvalue weighted by Gasteiger charge is -2.07. The normalized spacial score (nSPS) is 11.3. The van der Waals surface area contributed by atoms with E-state index < -0.39 is 11.6 Å². The van der Waals surface area contributed by atoms with Crippen LogP contribution in [0.25, 0.3) is 12.2 Å². The van der Waals surface area contributed by atoms with Gasteiger partial charge in [-0.25, -0.2) is 0 Å². The van der Waals surface area contributed by atoms with Crippen LogP contribution in [0.15, 0.2) is 83.9 Å². The van der Waals surface area contributed by atoms with E-state index in [0.29, 0.717) is 11.1 Å². The molecule has 0 fully saturated rings. The number of ketones is 2. The molecule has 2 N–H and O–H groups in total. The Bertz CT molecular complexity index is 1220. The first kappa shape index (κ1) is 21.8. The van der Waals surface area contributed by atoms with Crippen molar-refractivity contribution in [1.29, 1.82) is 10.5 Å². The van der Waals surface area contributed by atoms with Gasteiger partial charge in [0.1, 0.15) is 34.8 Å². The van der Waals surface area contributed by atoms with Gasteiger partial charge in [0.2, 0.25) is 11.6 Å². The first-order valence-electron chi connectivity index (χ1n) is 9.43. The van der Waals surface area contributed by atoms with Gasteiger partial charge in [0.25, 0.3) is 0 Å². The number of hydrogen-bond donors (Lipinski definition) is 2. The van der Waals surface area contributed by atoms with Gasteiger partial charge in [0.15, 0.2) is 0 Å². The van der Waals surface area contributed by atoms with Gasteiger partial charge >= 0.3 is 0 Å². The maximum Gasteiger partial charge on any atom is 0.203 e. The van der Waals surface area contributed by atoms with Crippen molar-refractivity contribution in [3.63, 3.8) is 0 Å². The summed E-state index contributed by atoms with van der Waals surface area (Å²) in [6.07, 6.45) is 2.33. The van der Waals surface area contributed by atoms with Crippen LogP contribution in [-0.4, -0.2) is 21.8 Å². The molecule has 0 aliphatic heterocycles. The van der Waals surface area contributed by atoms with E-state index in [1.807, 2.05) is 0 Å². The lowest BCUT2D eigenvalue weighted by Crippen LogP contribution is -2.02. The third-order valence-electron chi connectivity index (χ3n) is 4.58. The summed E-state index contributed by atoms with van der Waals surface area (Å²) in [4.78, 5) is 25.0. The van der Waals surface area contributed by atoms with Crippen LogP contribution in [0.5, 0.6) is 11.5 Å². The number of carbonyl (C=O) groups excluding carboxylic acids is 2. The number of Topliss-reactive ketones (excluding diaryl/α,β-unsaturated/α-hetero) is 2. The van der Waals surface area contributed by atoms with Crippen molar-refractivity contribution in [2.75, 3.05) is 0 Å². The van der Waals surface area contributed by atoms with Gasteiger partial charge < -0.3 is 10.2 Å². The number of aromatic hydroxyl groups is 2. The van der Waals surface area contributed by atoms with Crippen molar-refractivity contribution in [3.05, 3.63) is 106 Å². The zero-order valence-corrected chi connectivity index (χ0v) is 16.7. The molecule has 3 rings (SSSR count). The van der Waals surface area contributed by atoms with E-state index in [9.17, 15) is 30.3 Å². The first-order valence-corrected chi connectivity index (χ1v) is 9.43. The number of hydrogen-bond acceptors (Lipinski definition) is 6. The number of phenolic OH excluding ortho intramolecular Hbond substituents is 2. The van der Waals surface area contributed by atoms with Crippen LogP contribution in [0.2, 0.25) is 0 Å². The molecule has 0 aliphatic carbocycles. The van der Waals surface area contributed by atoms with Crippen LogP contribution in [0.1, 0.15) is 31.8 Å². The third kappa shape index (κ3) is 4.79. The molecule has 0 spiro atoms. The van der Waals surface area contributed by atoms with Crippen molar-refractivity contribution in [2.45, 2.75) is 0 Å². The van der Waals surface area contributed by atoms with Crippen LogP contribution in [0.4, 0.5) is 0 Å². The summed E-state index contributed by atoms with van der Waals surface area (Å²) in [5.41, 5.74) is 0.224. The minimum Gasteiger partial charge on any atom is -0.507 e. The molecule has 3 aromatic carbocycles. The summed E-state index contributed by atoms with van der Waals surface area (Å²) in [6.45, 7) is 0. The second kappa shape index (κ2) is 9.71. The minimum atomic E-state index is -0.531. The molecule has 0 amide bonds. The van der Waals surface area contributed by atoms with E-state index in [1.54, 1.807) is 72.8 Å². The summed E-state index contributed by atoms with van der Waals surface area (Å²) in [5.74, 6) is -1.74. The lowest BCUT2D eigenvalue weighted by atomic mass is 9.98. The number of benzene rings is 3. The SMILES string of the molecule is N#C/C(=C\c1cc(O)c(/C=C(\C#N)C(=O)c2ccccc2)cc1O)C(=O)c1ccccc1. The quantitative estimate of drug-likeness (QED) is 0.258. The molecule has 6 heteroatoms. The highest BCUT2D eigenvalue weighted by Gasteiger charge is 2.16. The second-order valence-electron chi connectivity index (χ2n) is 6.70. The maximum absolute atomic E-state index is 12.5. The molecule has 3 aromatic rings. The van der Waals surface area contributed by atoms with Gasteiger partial charge in [-0.05, 0) is 24.3 Å². The molecule has 0 aliphatic rings. The Kier molecular flexibility index (Phi) is 6.60. The van der Waals surface area contributed by atoms with Gasteiger partial charge in [-0.15, -0.1) is 0 Å². The van der Waals surface area contributed by atoms with Gasteiger partial charge in [-0.2, -0.15) is 10.5 Å².